The second-order valence-electron chi connectivity index (χ2n) is 7.97. The van der Waals surface area contributed by atoms with Crippen molar-refractivity contribution in [2.75, 3.05) is 31.8 Å². The van der Waals surface area contributed by atoms with Crippen molar-refractivity contribution in [2.24, 2.45) is 0 Å². The number of fused-ring (bicyclic) bond motifs is 1. The zero-order valence-electron chi connectivity index (χ0n) is 18.1. The molecule has 3 aromatic rings. The van der Waals surface area contributed by atoms with Crippen LogP contribution in [-0.4, -0.2) is 58.9 Å². The second-order valence-corrected chi connectivity index (χ2v) is 7.97. The summed E-state index contributed by atoms with van der Waals surface area (Å²) >= 11 is 0. The van der Waals surface area contributed by atoms with Crippen LogP contribution in [0.25, 0.3) is 22.3 Å². The number of ether oxygens (including phenoxy) is 2. The molecule has 1 aliphatic rings. The average Bonchev–Trinajstić information content (AvgIpc) is 2.77. The van der Waals surface area contributed by atoms with Gasteiger partial charge >= 0.3 is 5.97 Å². The van der Waals surface area contributed by atoms with Crippen molar-refractivity contribution in [2.45, 2.75) is 32.7 Å². The maximum atomic E-state index is 11.6. The Morgan fingerprint density at radius 2 is 2.03 bits per heavy atom. The quantitative estimate of drug-likeness (QED) is 0.664. The van der Waals surface area contributed by atoms with Crippen molar-refractivity contribution < 1.29 is 19.4 Å². The first kappa shape index (κ1) is 21.0. The first-order chi connectivity index (χ1) is 14.9. The van der Waals surface area contributed by atoms with Gasteiger partial charge in [-0.3, -0.25) is 0 Å². The summed E-state index contributed by atoms with van der Waals surface area (Å²) < 4.78 is 10.8. The number of aromatic carboxylic acids is 1. The first-order valence-corrected chi connectivity index (χ1v) is 10.3. The predicted molar refractivity (Wildman–Crippen MR) is 118 cm³/mol. The Balaban J connectivity index is 1.86. The van der Waals surface area contributed by atoms with Crippen molar-refractivity contribution in [3.63, 3.8) is 0 Å². The fraction of sp³-hybridized carbons (Fsp3) is 0.391. The van der Waals surface area contributed by atoms with E-state index in [9.17, 15) is 9.90 Å². The Kier molecular flexibility index (Phi) is 5.73. The molecule has 31 heavy (non-hydrogen) atoms. The molecule has 1 atom stereocenters. The van der Waals surface area contributed by atoms with Crippen LogP contribution in [0.1, 0.15) is 42.9 Å². The fourth-order valence-electron chi connectivity index (χ4n) is 3.72. The van der Waals surface area contributed by atoms with Crippen LogP contribution in [0.2, 0.25) is 0 Å². The minimum absolute atomic E-state index is 0.0929. The molecule has 2 aromatic heterocycles. The van der Waals surface area contributed by atoms with Crippen LogP contribution >= 0.6 is 0 Å². The molecule has 162 valence electrons. The maximum absolute atomic E-state index is 11.6. The molecular weight excluding hydrogens is 396 g/mol. The lowest BCUT2D eigenvalue weighted by atomic mass is 10.1. The van der Waals surface area contributed by atoms with Crippen molar-refractivity contribution in [1.29, 1.82) is 0 Å². The van der Waals surface area contributed by atoms with Crippen LogP contribution < -0.4 is 9.64 Å². The number of hydrogen-bond donors (Lipinski definition) is 1. The molecule has 1 N–H and O–H groups in total. The molecule has 0 spiro atoms. The minimum Gasteiger partial charge on any atom is -0.496 e. The zero-order chi connectivity index (χ0) is 22.1. The van der Waals surface area contributed by atoms with E-state index in [1.54, 1.807) is 18.2 Å². The SMILES string of the molecule is COc1ccc(-c2ccc3c(N4CCOC[C@@H]4C)nc(C(C)C)nc3n2)cc1C(=O)O. The summed E-state index contributed by atoms with van der Waals surface area (Å²) in [6.45, 7) is 8.29. The number of methoxy groups -OCH3 is 1. The van der Waals surface area contributed by atoms with E-state index in [-0.39, 0.29) is 17.5 Å². The monoisotopic (exact) mass is 422 g/mol. The Bertz CT molecular complexity index is 1130. The molecule has 3 heterocycles. The van der Waals surface area contributed by atoms with Gasteiger partial charge in [0.05, 0.1) is 37.4 Å². The van der Waals surface area contributed by atoms with Crippen molar-refractivity contribution >= 4 is 22.8 Å². The summed E-state index contributed by atoms with van der Waals surface area (Å²) in [4.78, 5) is 28.2. The van der Waals surface area contributed by atoms with Crippen molar-refractivity contribution in [1.82, 2.24) is 15.0 Å². The van der Waals surface area contributed by atoms with Gasteiger partial charge in [0, 0.05) is 18.0 Å². The molecule has 0 amide bonds. The van der Waals surface area contributed by atoms with E-state index in [1.807, 2.05) is 12.1 Å². The van der Waals surface area contributed by atoms with E-state index in [1.165, 1.54) is 7.11 Å². The third-order valence-corrected chi connectivity index (χ3v) is 5.44. The van der Waals surface area contributed by atoms with Gasteiger partial charge in [-0.1, -0.05) is 13.8 Å². The first-order valence-electron chi connectivity index (χ1n) is 10.3. The number of carboxylic acids is 1. The molecule has 1 aliphatic heterocycles. The van der Waals surface area contributed by atoms with Crippen LogP contribution in [0.15, 0.2) is 30.3 Å². The lowest BCUT2D eigenvalue weighted by molar-refractivity contribution is 0.0693. The van der Waals surface area contributed by atoms with E-state index >= 15 is 0 Å². The third kappa shape index (κ3) is 4.03. The topological polar surface area (TPSA) is 97.7 Å². The standard InChI is InChI=1S/C23H26N4O4/c1-13(2)20-25-21-16(22(26-20)27-9-10-31-12-14(27)3)6-7-18(24-21)15-5-8-19(30-4)17(11-15)23(28)29/h5-8,11,13-14H,9-10,12H2,1-4H3,(H,28,29)/t14-/m0/s1. The Morgan fingerprint density at radius 1 is 1.23 bits per heavy atom. The van der Waals surface area contributed by atoms with Gasteiger partial charge in [-0.15, -0.1) is 0 Å². The van der Waals surface area contributed by atoms with Gasteiger partial charge in [-0.25, -0.2) is 19.7 Å². The second kappa shape index (κ2) is 8.47. The third-order valence-electron chi connectivity index (χ3n) is 5.44. The number of hydrogen-bond acceptors (Lipinski definition) is 7. The average molecular weight is 422 g/mol. The molecule has 0 bridgehead atoms. The lowest BCUT2D eigenvalue weighted by Crippen LogP contribution is -2.44. The highest BCUT2D eigenvalue weighted by atomic mass is 16.5. The van der Waals surface area contributed by atoms with E-state index < -0.39 is 5.97 Å². The van der Waals surface area contributed by atoms with Gasteiger partial charge in [0.2, 0.25) is 0 Å². The van der Waals surface area contributed by atoms with Gasteiger partial charge in [-0.05, 0) is 37.3 Å². The molecule has 1 fully saturated rings. The summed E-state index contributed by atoms with van der Waals surface area (Å²) in [5, 5.41) is 10.4. The highest BCUT2D eigenvalue weighted by molar-refractivity contribution is 5.93. The smallest absolute Gasteiger partial charge is 0.339 e. The number of anilines is 1. The maximum Gasteiger partial charge on any atom is 0.339 e. The number of carboxylic acid groups (broad SMARTS) is 1. The number of aromatic nitrogens is 3. The summed E-state index contributed by atoms with van der Waals surface area (Å²) in [7, 11) is 1.45. The Morgan fingerprint density at radius 3 is 2.71 bits per heavy atom. The normalized spacial score (nSPS) is 16.7. The van der Waals surface area contributed by atoms with Crippen LogP contribution in [0, 0.1) is 0 Å². The molecule has 1 saturated heterocycles. The lowest BCUT2D eigenvalue weighted by Gasteiger charge is -2.35. The predicted octanol–water partition coefficient (Wildman–Crippen LogP) is 3.75. The summed E-state index contributed by atoms with van der Waals surface area (Å²) in [5.74, 6) is 0.999. The molecule has 0 saturated carbocycles. The number of nitrogens with zero attached hydrogens (tertiary/aromatic N) is 4. The summed E-state index contributed by atoms with van der Waals surface area (Å²) in [5.41, 5.74) is 2.02. The summed E-state index contributed by atoms with van der Waals surface area (Å²) in [6.07, 6.45) is 0. The highest BCUT2D eigenvalue weighted by Crippen LogP contribution is 2.31. The number of rotatable bonds is 5. The molecule has 8 nitrogen and oxygen atoms in total. The number of carbonyl (C=O) groups is 1. The molecule has 0 radical (unpaired) electrons. The van der Waals surface area contributed by atoms with Crippen LogP contribution in [0.5, 0.6) is 5.75 Å². The zero-order valence-corrected chi connectivity index (χ0v) is 18.1. The highest BCUT2D eigenvalue weighted by Gasteiger charge is 2.24. The van der Waals surface area contributed by atoms with Gasteiger partial charge < -0.3 is 19.5 Å². The fourth-order valence-corrected chi connectivity index (χ4v) is 3.72. The Hall–Kier alpha value is -3.26. The Labute approximate surface area is 180 Å². The van der Waals surface area contributed by atoms with Gasteiger partial charge in [0.15, 0.2) is 5.65 Å². The molecule has 1 aromatic carbocycles. The molecular formula is C23H26N4O4. The van der Waals surface area contributed by atoms with Crippen LogP contribution in [0.4, 0.5) is 5.82 Å². The van der Waals surface area contributed by atoms with E-state index in [2.05, 4.69) is 25.7 Å². The van der Waals surface area contributed by atoms with Gasteiger partial charge in [-0.2, -0.15) is 0 Å². The van der Waals surface area contributed by atoms with Gasteiger partial charge in [0.25, 0.3) is 0 Å². The summed E-state index contributed by atoms with van der Waals surface area (Å²) in [6, 6.07) is 9.06. The van der Waals surface area contributed by atoms with Crippen molar-refractivity contribution in [3.05, 3.63) is 41.7 Å². The van der Waals surface area contributed by atoms with Crippen molar-refractivity contribution in [3.8, 4) is 17.0 Å². The molecule has 8 heteroatoms. The number of benzene rings is 1. The molecule has 4 rings (SSSR count). The molecule has 0 aliphatic carbocycles. The van der Waals surface area contributed by atoms with Crippen LogP contribution in [-0.2, 0) is 4.74 Å². The minimum atomic E-state index is -1.05. The number of morpholine rings is 1. The van der Waals surface area contributed by atoms with E-state index in [0.717, 1.165) is 23.6 Å². The number of pyridine rings is 1. The van der Waals surface area contributed by atoms with Gasteiger partial charge in [0.1, 0.15) is 23.0 Å². The van der Waals surface area contributed by atoms with Crippen LogP contribution in [0.3, 0.4) is 0 Å². The largest absolute Gasteiger partial charge is 0.496 e. The molecule has 0 unspecified atom stereocenters. The van der Waals surface area contributed by atoms with E-state index in [0.29, 0.717) is 35.9 Å². The van der Waals surface area contributed by atoms with E-state index in [4.69, 9.17) is 24.4 Å².